The van der Waals surface area contributed by atoms with Crippen molar-refractivity contribution < 1.29 is 9.72 Å². The van der Waals surface area contributed by atoms with E-state index in [1.807, 2.05) is 25.1 Å². The van der Waals surface area contributed by atoms with Gasteiger partial charge in [0.15, 0.2) is 5.69 Å². The van der Waals surface area contributed by atoms with Crippen molar-refractivity contribution in [2.24, 2.45) is 0 Å². The summed E-state index contributed by atoms with van der Waals surface area (Å²) >= 11 is 6.04. The molecular formula is C19H18ClN5O3. The summed E-state index contributed by atoms with van der Waals surface area (Å²) in [5.74, 6) is -0.374. The molecule has 0 saturated carbocycles. The fourth-order valence-electron chi connectivity index (χ4n) is 2.89. The zero-order chi connectivity index (χ0) is 20.3. The van der Waals surface area contributed by atoms with Gasteiger partial charge in [-0.2, -0.15) is 0 Å². The van der Waals surface area contributed by atoms with Crippen LogP contribution >= 0.6 is 11.6 Å². The number of non-ortho nitro benzene ring substituents is 1. The third-order valence-electron chi connectivity index (χ3n) is 4.36. The van der Waals surface area contributed by atoms with Crippen LogP contribution in [0.3, 0.4) is 0 Å². The Morgan fingerprint density at radius 1 is 1.29 bits per heavy atom. The van der Waals surface area contributed by atoms with Gasteiger partial charge < -0.3 is 5.32 Å². The Morgan fingerprint density at radius 2 is 2.04 bits per heavy atom. The predicted octanol–water partition coefficient (Wildman–Crippen LogP) is 4.02. The van der Waals surface area contributed by atoms with Crippen molar-refractivity contribution in [3.63, 3.8) is 0 Å². The maximum absolute atomic E-state index is 12.7. The molecule has 2 aromatic carbocycles. The van der Waals surface area contributed by atoms with Gasteiger partial charge in [-0.15, -0.1) is 5.10 Å². The van der Waals surface area contributed by atoms with E-state index in [0.29, 0.717) is 22.8 Å². The Labute approximate surface area is 166 Å². The summed E-state index contributed by atoms with van der Waals surface area (Å²) in [6.07, 6.45) is 0.671. The molecule has 1 N–H and O–H groups in total. The van der Waals surface area contributed by atoms with Crippen molar-refractivity contribution in [1.29, 1.82) is 0 Å². The van der Waals surface area contributed by atoms with Crippen LogP contribution in [-0.4, -0.2) is 25.8 Å². The van der Waals surface area contributed by atoms with E-state index in [1.165, 1.54) is 16.8 Å². The fraction of sp³-hybridized carbons (Fsp3) is 0.211. The molecule has 8 nitrogen and oxygen atoms in total. The summed E-state index contributed by atoms with van der Waals surface area (Å²) in [5, 5.41) is 22.5. The Morgan fingerprint density at radius 3 is 2.71 bits per heavy atom. The number of halogens is 1. The Bertz CT molecular complexity index is 1030. The highest BCUT2D eigenvalue weighted by atomic mass is 35.5. The summed E-state index contributed by atoms with van der Waals surface area (Å²) in [6, 6.07) is 13.1. The smallest absolute Gasteiger partial charge is 0.274 e. The largest absolute Gasteiger partial charge is 0.344 e. The van der Waals surface area contributed by atoms with Gasteiger partial charge in [0.05, 0.1) is 22.3 Å². The molecule has 9 heteroatoms. The SMILES string of the molecule is CCC(NC(=O)c1nnn(-c2cccc([N+](=O)[O-])c2)c1C)c1cccc(Cl)c1. The minimum atomic E-state index is -0.486. The number of hydrogen-bond acceptors (Lipinski definition) is 5. The summed E-state index contributed by atoms with van der Waals surface area (Å²) in [7, 11) is 0. The number of nitrogens with one attached hydrogen (secondary N) is 1. The fourth-order valence-corrected chi connectivity index (χ4v) is 3.09. The van der Waals surface area contributed by atoms with Gasteiger partial charge >= 0.3 is 0 Å². The highest BCUT2D eigenvalue weighted by Gasteiger charge is 2.21. The third-order valence-corrected chi connectivity index (χ3v) is 4.59. The lowest BCUT2D eigenvalue weighted by Crippen LogP contribution is -2.29. The van der Waals surface area contributed by atoms with E-state index in [1.54, 1.807) is 25.1 Å². The van der Waals surface area contributed by atoms with Gasteiger partial charge in [0.1, 0.15) is 0 Å². The summed E-state index contributed by atoms with van der Waals surface area (Å²) < 4.78 is 1.41. The molecular weight excluding hydrogens is 382 g/mol. The van der Waals surface area contributed by atoms with Crippen molar-refractivity contribution in [2.75, 3.05) is 0 Å². The van der Waals surface area contributed by atoms with Crippen LogP contribution in [0.5, 0.6) is 0 Å². The molecule has 1 atom stereocenters. The molecule has 0 saturated heterocycles. The number of benzene rings is 2. The van der Waals surface area contributed by atoms with Gasteiger partial charge in [-0.25, -0.2) is 4.68 Å². The molecule has 28 heavy (non-hydrogen) atoms. The van der Waals surface area contributed by atoms with E-state index < -0.39 is 4.92 Å². The molecule has 0 spiro atoms. The topological polar surface area (TPSA) is 103 Å². The van der Waals surface area contributed by atoms with E-state index in [4.69, 9.17) is 11.6 Å². The van der Waals surface area contributed by atoms with Gasteiger partial charge in [-0.3, -0.25) is 14.9 Å². The normalized spacial score (nSPS) is 11.8. The van der Waals surface area contributed by atoms with Crippen molar-refractivity contribution in [1.82, 2.24) is 20.3 Å². The van der Waals surface area contributed by atoms with Gasteiger partial charge in [0.25, 0.3) is 11.6 Å². The van der Waals surface area contributed by atoms with Crippen LogP contribution in [0.15, 0.2) is 48.5 Å². The lowest BCUT2D eigenvalue weighted by Gasteiger charge is -2.17. The molecule has 3 aromatic rings. The number of carbonyl (C=O) groups excluding carboxylic acids is 1. The highest BCUT2D eigenvalue weighted by Crippen LogP contribution is 2.22. The van der Waals surface area contributed by atoms with Crippen molar-refractivity contribution >= 4 is 23.2 Å². The number of nitrogens with zero attached hydrogens (tertiary/aromatic N) is 4. The lowest BCUT2D eigenvalue weighted by atomic mass is 10.0. The average Bonchev–Trinajstić information content (AvgIpc) is 3.07. The van der Waals surface area contributed by atoms with Crippen LogP contribution in [0, 0.1) is 17.0 Å². The minimum Gasteiger partial charge on any atom is -0.344 e. The lowest BCUT2D eigenvalue weighted by molar-refractivity contribution is -0.384. The van der Waals surface area contributed by atoms with Gasteiger partial charge in [-0.1, -0.05) is 41.9 Å². The average molecular weight is 400 g/mol. The quantitative estimate of drug-likeness (QED) is 0.498. The molecule has 0 aliphatic carbocycles. The van der Waals surface area contributed by atoms with Crippen molar-refractivity contribution in [3.8, 4) is 5.69 Å². The maximum Gasteiger partial charge on any atom is 0.274 e. The van der Waals surface area contributed by atoms with Crippen LogP contribution in [0.4, 0.5) is 5.69 Å². The zero-order valence-electron chi connectivity index (χ0n) is 15.3. The van der Waals surface area contributed by atoms with Crippen molar-refractivity contribution in [3.05, 3.63) is 80.6 Å². The van der Waals surface area contributed by atoms with E-state index >= 15 is 0 Å². The number of nitro benzene ring substituents is 1. The standard InChI is InChI=1S/C19H18ClN5O3/c1-3-17(13-6-4-7-14(20)10-13)21-19(26)18-12(2)24(23-22-18)15-8-5-9-16(11-15)25(27)28/h4-11,17H,3H2,1-2H3,(H,21,26). The molecule has 0 radical (unpaired) electrons. The molecule has 1 aromatic heterocycles. The van der Waals surface area contributed by atoms with E-state index in [-0.39, 0.29) is 23.3 Å². The summed E-state index contributed by atoms with van der Waals surface area (Å²) in [4.78, 5) is 23.2. The van der Waals surface area contributed by atoms with Crippen LogP contribution in [-0.2, 0) is 0 Å². The van der Waals surface area contributed by atoms with Crippen molar-refractivity contribution in [2.45, 2.75) is 26.3 Å². The number of amides is 1. The van der Waals surface area contributed by atoms with Gasteiger partial charge in [-0.05, 0) is 37.1 Å². The Hall–Kier alpha value is -3.26. The van der Waals surface area contributed by atoms with E-state index in [0.717, 1.165) is 5.56 Å². The van der Waals surface area contributed by atoms with Crippen LogP contribution < -0.4 is 5.32 Å². The molecule has 1 unspecified atom stereocenters. The summed E-state index contributed by atoms with van der Waals surface area (Å²) in [5.41, 5.74) is 1.93. The summed E-state index contributed by atoms with van der Waals surface area (Å²) in [6.45, 7) is 3.65. The monoisotopic (exact) mass is 399 g/mol. The number of aromatic nitrogens is 3. The maximum atomic E-state index is 12.7. The Balaban J connectivity index is 1.85. The molecule has 0 aliphatic rings. The highest BCUT2D eigenvalue weighted by molar-refractivity contribution is 6.30. The number of hydrogen-bond donors (Lipinski definition) is 1. The second-order valence-corrected chi connectivity index (χ2v) is 6.64. The first-order chi connectivity index (χ1) is 13.4. The molecule has 1 heterocycles. The number of rotatable bonds is 6. The third kappa shape index (κ3) is 4.01. The first-order valence-corrected chi connectivity index (χ1v) is 9.02. The van der Waals surface area contributed by atoms with E-state index in [2.05, 4.69) is 15.6 Å². The van der Waals surface area contributed by atoms with Crippen LogP contribution in [0.1, 0.15) is 41.1 Å². The second-order valence-electron chi connectivity index (χ2n) is 6.20. The number of carbonyl (C=O) groups is 1. The molecule has 144 valence electrons. The first-order valence-electron chi connectivity index (χ1n) is 8.64. The predicted molar refractivity (Wildman–Crippen MR) is 105 cm³/mol. The molecule has 0 bridgehead atoms. The van der Waals surface area contributed by atoms with Crippen LogP contribution in [0.25, 0.3) is 5.69 Å². The molecule has 3 rings (SSSR count). The number of nitro groups is 1. The molecule has 1 amide bonds. The van der Waals surface area contributed by atoms with Gasteiger partial charge in [0.2, 0.25) is 0 Å². The van der Waals surface area contributed by atoms with Gasteiger partial charge in [0, 0.05) is 17.2 Å². The zero-order valence-corrected chi connectivity index (χ0v) is 16.1. The molecule has 0 aliphatic heterocycles. The Kier molecular flexibility index (Phi) is 5.70. The second kappa shape index (κ2) is 8.18. The van der Waals surface area contributed by atoms with E-state index in [9.17, 15) is 14.9 Å². The molecule has 0 fully saturated rings. The van der Waals surface area contributed by atoms with Crippen LogP contribution in [0.2, 0.25) is 5.02 Å². The first kappa shape index (κ1) is 19.5. The minimum absolute atomic E-state index is 0.0644.